The molecule has 1 N–H and O–H groups in total. The highest BCUT2D eigenvalue weighted by Gasteiger charge is 2.22. The van der Waals surface area contributed by atoms with Crippen LogP contribution in [0.5, 0.6) is 11.5 Å². The molecule has 3 rings (SSSR count). The Labute approximate surface area is 157 Å². The lowest BCUT2D eigenvalue weighted by atomic mass is 9.77. The third-order valence-corrected chi connectivity index (χ3v) is 5.63. The second-order valence-corrected chi connectivity index (χ2v) is 7.45. The second kappa shape index (κ2) is 9.07. The van der Waals surface area contributed by atoms with E-state index in [1.165, 1.54) is 50.5 Å². The predicted molar refractivity (Wildman–Crippen MR) is 107 cm³/mol. The zero-order valence-corrected chi connectivity index (χ0v) is 16.1. The standard InChI is InChI=1S/C23H31NO2/c1-3-5-6-17-7-9-18(10-8-17)19-11-14-22(24-16-19)21-13-12-20(26-4-2)15-23(21)25/h11-18,25H,3-10H2,1-2H3. The number of unbranched alkanes of at least 4 members (excludes halogenated alkanes) is 1. The largest absolute Gasteiger partial charge is 0.507 e. The molecule has 26 heavy (non-hydrogen) atoms. The van der Waals surface area contributed by atoms with Gasteiger partial charge in [-0.2, -0.15) is 0 Å². The fraction of sp³-hybridized carbons (Fsp3) is 0.522. The van der Waals surface area contributed by atoms with Crippen LogP contribution in [-0.4, -0.2) is 16.7 Å². The summed E-state index contributed by atoms with van der Waals surface area (Å²) in [6.45, 7) is 4.80. The molecule has 3 nitrogen and oxygen atoms in total. The predicted octanol–water partition coefficient (Wildman–Crippen LogP) is 6.32. The number of phenols is 1. The van der Waals surface area contributed by atoms with Crippen LogP contribution < -0.4 is 4.74 Å². The summed E-state index contributed by atoms with van der Waals surface area (Å²) in [4.78, 5) is 4.63. The summed E-state index contributed by atoms with van der Waals surface area (Å²) in [5, 5.41) is 10.3. The molecule has 2 aromatic rings. The summed E-state index contributed by atoms with van der Waals surface area (Å²) in [6, 6.07) is 9.64. The van der Waals surface area contributed by atoms with Gasteiger partial charge in [0.1, 0.15) is 11.5 Å². The molecule has 1 aliphatic carbocycles. The first-order valence-corrected chi connectivity index (χ1v) is 10.1. The number of hydrogen-bond donors (Lipinski definition) is 1. The Hall–Kier alpha value is -2.03. The monoisotopic (exact) mass is 353 g/mol. The number of aromatic nitrogens is 1. The molecule has 1 aromatic heterocycles. The van der Waals surface area contributed by atoms with E-state index in [4.69, 9.17) is 4.74 Å². The first kappa shape index (κ1) is 18.8. The summed E-state index contributed by atoms with van der Waals surface area (Å²) < 4.78 is 5.43. The van der Waals surface area contributed by atoms with Gasteiger partial charge in [-0.1, -0.05) is 32.3 Å². The van der Waals surface area contributed by atoms with Crippen LogP contribution in [0.25, 0.3) is 11.3 Å². The molecular weight excluding hydrogens is 322 g/mol. The van der Waals surface area contributed by atoms with Gasteiger partial charge >= 0.3 is 0 Å². The number of rotatable bonds is 7. The maximum Gasteiger partial charge on any atom is 0.128 e. The summed E-state index contributed by atoms with van der Waals surface area (Å²) in [7, 11) is 0. The first-order chi connectivity index (χ1) is 12.7. The van der Waals surface area contributed by atoms with Crippen molar-refractivity contribution in [2.45, 2.75) is 64.7 Å². The van der Waals surface area contributed by atoms with Crippen molar-refractivity contribution >= 4 is 0 Å². The second-order valence-electron chi connectivity index (χ2n) is 7.45. The van der Waals surface area contributed by atoms with Crippen molar-refractivity contribution in [3.63, 3.8) is 0 Å². The number of pyridine rings is 1. The molecule has 0 atom stereocenters. The number of nitrogens with zero attached hydrogens (tertiary/aromatic N) is 1. The highest BCUT2D eigenvalue weighted by Crippen LogP contribution is 2.38. The summed E-state index contributed by atoms with van der Waals surface area (Å²) in [5.41, 5.74) is 2.90. The van der Waals surface area contributed by atoms with Gasteiger partial charge in [-0.25, -0.2) is 0 Å². The molecule has 0 unspecified atom stereocenters. The average molecular weight is 354 g/mol. The number of aromatic hydroxyl groups is 1. The van der Waals surface area contributed by atoms with Gasteiger partial charge in [-0.15, -0.1) is 0 Å². The van der Waals surface area contributed by atoms with Gasteiger partial charge in [0.25, 0.3) is 0 Å². The van der Waals surface area contributed by atoms with Gasteiger partial charge in [0, 0.05) is 17.8 Å². The van der Waals surface area contributed by atoms with E-state index in [1.54, 1.807) is 6.07 Å². The molecule has 0 amide bonds. The van der Waals surface area contributed by atoms with Crippen molar-refractivity contribution in [2.75, 3.05) is 6.61 Å². The lowest BCUT2D eigenvalue weighted by Gasteiger charge is -2.28. The maximum atomic E-state index is 10.3. The molecule has 0 bridgehead atoms. The fourth-order valence-corrected chi connectivity index (χ4v) is 4.07. The van der Waals surface area contributed by atoms with E-state index in [0.717, 1.165) is 17.2 Å². The van der Waals surface area contributed by atoms with Crippen LogP contribution in [0, 0.1) is 5.92 Å². The molecule has 3 heteroatoms. The zero-order chi connectivity index (χ0) is 18.4. The number of hydrogen-bond acceptors (Lipinski definition) is 3. The molecule has 1 fully saturated rings. The van der Waals surface area contributed by atoms with E-state index in [9.17, 15) is 5.11 Å². The highest BCUT2D eigenvalue weighted by atomic mass is 16.5. The van der Waals surface area contributed by atoms with Crippen molar-refractivity contribution in [2.24, 2.45) is 5.92 Å². The molecule has 1 heterocycles. The minimum atomic E-state index is 0.215. The average Bonchev–Trinajstić information content (AvgIpc) is 2.67. The molecule has 0 spiro atoms. The summed E-state index contributed by atoms with van der Waals surface area (Å²) >= 11 is 0. The first-order valence-electron chi connectivity index (χ1n) is 10.1. The molecule has 0 radical (unpaired) electrons. The van der Waals surface area contributed by atoms with Gasteiger partial charge < -0.3 is 9.84 Å². The van der Waals surface area contributed by atoms with Crippen molar-refractivity contribution < 1.29 is 9.84 Å². The van der Waals surface area contributed by atoms with E-state index in [2.05, 4.69) is 18.0 Å². The van der Waals surface area contributed by atoms with E-state index < -0.39 is 0 Å². The van der Waals surface area contributed by atoms with Crippen molar-refractivity contribution in [3.8, 4) is 22.8 Å². The van der Waals surface area contributed by atoms with Gasteiger partial charge in [-0.3, -0.25) is 4.98 Å². The Morgan fingerprint density at radius 3 is 2.50 bits per heavy atom. The SMILES string of the molecule is CCCCC1CCC(c2ccc(-c3ccc(OCC)cc3O)nc2)CC1. The highest BCUT2D eigenvalue weighted by molar-refractivity contribution is 5.68. The Kier molecular flexibility index (Phi) is 6.54. The summed E-state index contributed by atoms with van der Waals surface area (Å²) in [6.07, 6.45) is 11.4. The summed E-state index contributed by atoms with van der Waals surface area (Å²) in [5.74, 6) is 2.47. The zero-order valence-electron chi connectivity index (χ0n) is 16.1. The molecule has 0 aliphatic heterocycles. The van der Waals surface area contributed by atoms with Crippen LogP contribution in [0.1, 0.15) is 70.3 Å². The van der Waals surface area contributed by atoms with Crippen molar-refractivity contribution in [1.29, 1.82) is 0 Å². The number of phenolic OH excluding ortho intramolecular Hbond substituents is 1. The minimum Gasteiger partial charge on any atom is -0.507 e. The lowest BCUT2D eigenvalue weighted by molar-refractivity contribution is 0.304. The van der Waals surface area contributed by atoms with Gasteiger partial charge in [0.15, 0.2) is 0 Å². The topological polar surface area (TPSA) is 42.4 Å². The third kappa shape index (κ3) is 4.57. The Bertz CT molecular complexity index is 688. The van der Waals surface area contributed by atoms with Crippen LogP contribution in [0.2, 0.25) is 0 Å². The van der Waals surface area contributed by atoms with Gasteiger partial charge in [-0.05, 0) is 68.2 Å². The van der Waals surface area contributed by atoms with Gasteiger partial charge in [0.05, 0.1) is 12.3 Å². The number of ether oxygens (including phenoxy) is 1. The van der Waals surface area contributed by atoms with Crippen molar-refractivity contribution in [1.82, 2.24) is 4.98 Å². The van der Waals surface area contributed by atoms with Crippen LogP contribution in [-0.2, 0) is 0 Å². The molecule has 1 saturated carbocycles. The third-order valence-electron chi connectivity index (χ3n) is 5.63. The van der Waals surface area contributed by atoms with E-state index in [1.807, 2.05) is 31.3 Å². The quantitative estimate of drug-likeness (QED) is 0.633. The van der Waals surface area contributed by atoms with Crippen LogP contribution in [0.15, 0.2) is 36.5 Å². The Morgan fingerprint density at radius 2 is 1.88 bits per heavy atom. The van der Waals surface area contributed by atoms with Gasteiger partial charge in [0.2, 0.25) is 0 Å². The fourth-order valence-electron chi connectivity index (χ4n) is 4.07. The normalized spacial score (nSPS) is 20.1. The molecule has 140 valence electrons. The van der Waals surface area contributed by atoms with Crippen molar-refractivity contribution in [3.05, 3.63) is 42.1 Å². The van der Waals surface area contributed by atoms with Crippen LogP contribution in [0.4, 0.5) is 0 Å². The Morgan fingerprint density at radius 1 is 1.08 bits per heavy atom. The maximum absolute atomic E-state index is 10.3. The van der Waals surface area contributed by atoms with E-state index in [-0.39, 0.29) is 5.75 Å². The Balaban J connectivity index is 1.64. The smallest absolute Gasteiger partial charge is 0.128 e. The molecule has 1 aliphatic rings. The molecular formula is C23H31NO2. The van der Waals surface area contributed by atoms with E-state index in [0.29, 0.717) is 18.3 Å². The van der Waals surface area contributed by atoms with Crippen LogP contribution >= 0.6 is 0 Å². The lowest BCUT2D eigenvalue weighted by Crippen LogP contribution is -2.13. The van der Waals surface area contributed by atoms with Crippen LogP contribution in [0.3, 0.4) is 0 Å². The molecule has 1 aromatic carbocycles. The van der Waals surface area contributed by atoms with E-state index >= 15 is 0 Å². The molecule has 0 saturated heterocycles. The minimum absolute atomic E-state index is 0.215. The number of benzene rings is 1.